The topological polar surface area (TPSA) is 69.7 Å². The van der Waals surface area contributed by atoms with E-state index in [0.717, 1.165) is 16.8 Å². The molecule has 1 saturated heterocycles. The fourth-order valence-corrected chi connectivity index (χ4v) is 3.25. The maximum atomic E-state index is 12.7. The lowest BCUT2D eigenvalue weighted by Gasteiger charge is -2.34. The van der Waals surface area contributed by atoms with Crippen LogP contribution < -0.4 is 5.32 Å². The highest BCUT2D eigenvalue weighted by atomic mass is 16.2. The molecule has 1 N–H and O–H groups in total. The Labute approximate surface area is 165 Å². The van der Waals surface area contributed by atoms with Crippen molar-refractivity contribution in [2.75, 3.05) is 31.5 Å². The van der Waals surface area contributed by atoms with Gasteiger partial charge in [-0.1, -0.05) is 12.1 Å². The summed E-state index contributed by atoms with van der Waals surface area (Å²) in [6.45, 7) is 7.66. The molecule has 6 nitrogen and oxygen atoms in total. The molecule has 28 heavy (non-hydrogen) atoms. The van der Waals surface area contributed by atoms with Gasteiger partial charge in [0.05, 0.1) is 0 Å². The van der Waals surface area contributed by atoms with Crippen LogP contribution in [0.2, 0.25) is 0 Å². The van der Waals surface area contributed by atoms with Gasteiger partial charge in [-0.15, -0.1) is 0 Å². The molecule has 0 saturated carbocycles. The Hall–Kier alpha value is -3.15. The number of anilines is 1. The molecule has 0 spiro atoms. The zero-order valence-electron chi connectivity index (χ0n) is 16.5. The van der Waals surface area contributed by atoms with E-state index in [0.29, 0.717) is 37.3 Å². The zero-order chi connectivity index (χ0) is 20.3. The number of carbonyl (C=O) groups is 3. The summed E-state index contributed by atoms with van der Waals surface area (Å²) in [4.78, 5) is 40.1. The van der Waals surface area contributed by atoms with Gasteiger partial charge in [0.1, 0.15) is 0 Å². The molecule has 2 aromatic carbocycles. The Morgan fingerprint density at radius 1 is 0.821 bits per heavy atom. The number of nitrogens with zero attached hydrogens (tertiary/aromatic N) is 2. The number of rotatable bonds is 3. The van der Waals surface area contributed by atoms with Gasteiger partial charge in [0.25, 0.3) is 11.8 Å². The Morgan fingerprint density at radius 3 is 2.00 bits per heavy atom. The summed E-state index contributed by atoms with van der Waals surface area (Å²) in [5.41, 5.74) is 3.97. The molecule has 6 heteroatoms. The van der Waals surface area contributed by atoms with Crippen molar-refractivity contribution in [1.82, 2.24) is 9.80 Å². The van der Waals surface area contributed by atoms with Crippen molar-refractivity contribution in [1.29, 1.82) is 0 Å². The Balaban J connectivity index is 1.64. The molecule has 0 atom stereocenters. The average molecular weight is 379 g/mol. The predicted octanol–water partition coefficient (Wildman–Crippen LogP) is 2.86. The van der Waals surface area contributed by atoms with Gasteiger partial charge in [-0.3, -0.25) is 14.4 Å². The van der Waals surface area contributed by atoms with E-state index in [1.807, 2.05) is 32.0 Å². The second-order valence-corrected chi connectivity index (χ2v) is 7.08. The van der Waals surface area contributed by atoms with Crippen molar-refractivity contribution >= 4 is 23.4 Å². The van der Waals surface area contributed by atoms with E-state index in [-0.39, 0.29) is 17.7 Å². The Morgan fingerprint density at radius 2 is 1.39 bits per heavy atom. The highest BCUT2D eigenvalue weighted by molar-refractivity contribution is 6.05. The number of hydrogen-bond donors (Lipinski definition) is 1. The second-order valence-electron chi connectivity index (χ2n) is 7.08. The molecule has 0 bridgehead atoms. The number of benzene rings is 2. The van der Waals surface area contributed by atoms with E-state index in [4.69, 9.17) is 0 Å². The summed E-state index contributed by atoms with van der Waals surface area (Å²) in [5, 5.41) is 2.92. The summed E-state index contributed by atoms with van der Waals surface area (Å²) >= 11 is 0. The normalized spacial score (nSPS) is 14.0. The first-order valence-electron chi connectivity index (χ1n) is 9.39. The van der Waals surface area contributed by atoms with E-state index in [1.165, 1.54) is 0 Å². The SMILES string of the molecule is CC(=O)N1CCN(C(=O)c2ccc(C(=O)Nc3cccc(C)c3C)cc2)CC1. The predicted molar refractivity (Wildman–Crippen MR) is 108 cm³/mol. The molecule has 3 rings (SSSR count). The molecule has 0 radical (unpaired) electrons. The van der Waals surface area contributed by atoms with E-state index in [9.17, 15) is 14.4 Å². The van der Waals surface area contributed by atoms with Crippen molar-refractivity contribution in [2.45, 2.75) is 20.8 Å². The highest BCUT2D eigenvalue weighted by Gasteiger charge is 2.23. The quantitative estimate of drug-likeness (QED) is 0.892. The molecule has 3 amide bonds. The minimum atomic E-state index is -0.206. The molecular weight excluding hydrogens is 354 g/mol. The standard InChI is InChI=1S/C22H25N3O3/c1-15-5-4-6-20(16(15)2)23-21(27)18-7-9-19(10-8-18)22(28)25-13-11-24(12-14-25)17(3)26/h4-10H,11-14H2,1-3H3,(H,23,27). The summed E-state index contributed by atoms with van der Waals surface area (Å²) in [6, 6.07) is 12.5. The average Bonchev–Trinajstić information content (AvgIpc) is 2.71. The number of carbonyl (C=O) groups excluding carboxylic acids is 3. The van der Waals surface area contributed by atoms with Crippen LogP contribution in [0.1, 0.15) is 38.8 Å². The van der Waals surface area contributed by atoms with Crippen LogP contribution in [0.5, 0.6) is 0 Å². The van der Waals surface area contributed by atoms with E-state index < -0.39 is 0 Å². The monoisotopic (exact) mass is 379 g/mol. The van der Waals surface area contributed by atoms with E-state index >= 15 is 0 Å². The van der Waals surface area contributed by atoms with Crippen LogP contribution in [0.3, 0.4) is 0 Å². The second kappa shape index (κ2) is 8.25. The third-order valence-corrected chi connectivity index (χ3v) is 5.26. The van der Waals surface area contributed by atoms with Crippen LogP contribution in [-0.4, -0.2) is 53.7 Å². The third-order valence-electron chi connectivity index (χ3n) is 5.26. The number of amides is 3. The lowest BCUT2D eigenvalue weighted by molar-refractivity contribution is -0.130. The summed E-state index contributed by atoms with van der Waals surface area (Å²) in [7, 11) is 0. The van der Waals surface area contributed by atoms with Crippen LogP contribution in [0.4, 0.5) is 5.69 Å². The van der Waals surface area contributed by atoms with Gasteiger partial charge in [0.2, 0.25) is 5.91 Å². The summed E-state index contributed by atoms with van der Waals surface area (Å²) in [5.74, 6) is -0.251. The molecule has 2 aromatic rings. The van der Waals surface area contributed by atoms with Crippen molar-refractivity contribution in [3.8, 4) is 0 Å². The van der Waals surface area contributed by atoms with Crippen molar-refractivity contribution in [3.05, 3.63) is 64.7 Å². The smallest absolute Gasteiger partial charge is 0.255 e. The first kappa shape index (κ1) is 19.6. The zero-order valence-corrected chi connectivity index (χ0v) is 16.5. The number of aryl methyl sites for hydroxylation is 1. The van der Waals surface area contributed by atoms with E-state index in [1.54, 1.807) is 41.0 Å². The van der Waals surface area contributed by atoms with Gasteiger partial charge in [-0.25, -0.2) is 0 Å². The number of hydrogen-bond acceptors (Lipinski definition) is 3. The van der Waals surface area contributed by atoms with Crippen LogP contribution in [0.15, 0.2) is 42.5 Å². The number of nitrogens with one attached hydrogen (secondary N) is 1. The molecule has 1 aliphatic rings. The summed E-state index contributed by atoms with van der Waals surface area (Å²) < 4.78 is 0. The lowest BCUT2D eigenvalue weighted by atomic mass is 10.1. The molecule has 1 fully saturated rings. The molecular formula is C22H25N3O3. The van der Waals surface area contributed by atoms with Crippen molar-refractivity contribution in [3.63, 3.8) is 0 Å². The maximum Gasteiger partial charge on any atom is 0.255 e. The van der Waals surface area contributed by atoms with Crippen LogP contribution in [-0.2, 0) is 4.79 Å². The fourth-order valence-electron chi connectivity index (χ4n) is 3.25. The van der Waals surface area contributed by atoms with E-state index in [2.05, 4.69) is 5.32 Å². The van der Waals surface area contributed by atoms with Gasteiger partial charge in [-0.2, -0.15) is 0 Å². The molecule has 1 aliphatic heterocycles. The first-order valence-corrected chi connectivity index (χ1v) is 9.39. The largest absolute Gasteiger partial charge is 0.339 e. The van der Waals surface area contributed by atoms with Gasteiger partial charge in [0.15, 0.2) is 0 Å². The minimum absolute atomic E-state index is 0.0336. The molecule has 1 heterocycles. The van der Waals surface area contributed by atoms with Crippen molar-refractivity contribution in [2.24, 2.45) is 0 Å². The van der Waals surface area contributed by atoms with Gasteiger partial charge in [0, 0.05) is 49.9 Å². The lowest BCUT2D eigenvalue weighted by Crippen LogP contribution is -2.50. The first-order chi connectivity index (χ1) is 13.4. The highest BCUT2D eigenvalue weighted by Crippen LogP contribution is 2.19. The molecule has 0 unspecified atom stereocenters. The Kier molecular flexibility index (Phi) is 5.78. The van der Waals surface area contributed by atoms with Crippen LogP contribution in [0.25, 0.3) is 0 Å². The maximum absolute atomic E-state index is 12.7. The van der Waals surface area contributed by atoms with Crippen LogP contribution >= 0.6 is 0 Å². The van der Waals surface area contributed by atoms with Gasteiger partial charge in [-0.05, 0) is 55.3 Å². The minimum Gasteiger partial charge on any atom is -0.339 e. The van der Waals surface area contributed by atoms with Gasteiger partial charge >= 0.3 is 0 Å². The fraction of sp³-hybridized carbons (Fsp3) is 0.318. The summed E-state index contributed by atoms with van der Waals surface area (Å²) in [6.07, 6.45) is 0. The third kappa shape index (κ3) is 4.22. The number of piperazine rings is 1. The van der Waals surface area contributed by atoms with Crippen LogP contribution in [0, 0.1) is 13.8 Å². The molecule has 146 valence electrons. The van der Waals surface area contributed by atoms with Gasteiger partial charge < -0.3 is 15.1 Å². The van der Waals surface area contributed by atoms with Crippen molar-refractivity contribution < 1.29 is 14.4 Å². The molecule has 0 aromatic heterocycles. The Bertz CT molecular complexity index is 898. The molecule has 0 aliphatic carbocycles.